The predicted molar refractivity (Wildman–Crippen MR) is 53.9 cm³/mol. The van der Waals surface area contributed by atoms with Gasteiger partial charge in [0.05, 0.1) is 12.5 Å². The Bertz CT molecular complexity index is 211. The molecule has 3 nitrogen and oxygen atoms in total. The molecule has 2 atom stereocenters. The predicted octanol–water partition coefficient (Wildman–Crippen LogP) is 1.82. The van der Waals surface area contributed by atoms with Gasteiger partial charge in [-0.25, -0.2) is 8.78 Å². The zero-order chi connectivity index (χ0) is 11.3. The van der Waals surface area contributed by atoms with Crippen molar-refractivity contribution < 1.29 is 19.7 Å². The van der Waals surface area contributed by atoms with Crippen molar-refractivity contribution in [3.8, 4) is 0 Å². The molecule has 0 radical (unpaired) electrons. The van der Waals surface area contributed by atoms with E-state index in [9.17, 15) is 13.6 Å². The Kier molecular flexibility index (Phi) is 4.94. The molecule has 1 fully saturated rings. The van der Waals surface area contributed by atoms with E-state index in [2.05, 4.69) is 5.32 Å². The molecule has 1 amide bonds. The second-order valence-corrected chi connectivity index (χ2v) is 3.80. The summed E-state index contributed by atoms with van der Waals surface area (Å²) < 4.78 is 29.3. The van der Waals surface area contributed by atoms with Crippen molar-refractivity contribution in [3.05, 3.63) is 0 Å². The standard InChI is InChI=1S/C10H17F2NO2.H2/c1-2-8(5-9(11)12)13-10(14)7-3-4-15-6-7;/h7-9H,2-6H2,1H3,(H,13,14);1H/t7?,8-;/m1./s1. The first-order valence-corrected chi connectivity index (χ1v) is 5.29. The van der Waals surface area contributed by atoms with Crippen LogP contribution < -0.4 is 5.32 Å². The highest BCUT2D eigenvalue weighted by Crippen LogP contribution is 2.14. The summed E-state index contributed by atoms with van der Waals surface area (Å²) in [7, 11) is 0. The molecule has 0 aromatic heterocycles. The van der Waals surface area contributed by atoms with Gasteiger partial charge in [-0.15, -0.1) is 0 Å². The van der Waals surface area contributed by atoms with Gasteiger partial charge in [-0.3, -0.25) is 4.79 Å². The highest BCUT2D eigenvalue weighted by Gasteiger charge is 2.25. The summed E-state index contributed by atoms with van der Waals surface area (Å²) in [4.78, 5) is 11.6. The van der Waals surface area contributed by atoms with Crippen molar-refractivity contribution >= 4 is 5.91 Å². The average molecular weight is 223 g/mol. The van der Waals surface area contributed by atoms with Gasteiger partial charge >= 0.3 is 0 Å². The first-order valence-electron chi connectivity index (χ1n) is 5.29. The van der Waals surface area contributed by atoms with Gasteiger partial charge < -0.3 is 10.1 Å². The van der Waals surface area contributed by atoms with Gasteiger partial charge in [0, 0.05) is 20.5 Å². The van der Waals surface area contributed by atoms with Crippen LogP contribution in [-0.2, 0) is 9.53 Å². The van der Waals surface area contributed by atoms with Gasteiger partial charge in [-0.05, 0) is 12.8 Å². The van der Waals surface area contributed by atoms with E-state index in [4.69, 9.17) is 4.74 Å². The molecule has 1 heterocycles. The number of carbonyl (C=O) groups excluding carboxylic acids is 1. The molecule has 0 aromatic carbocycles. The van der Waals surface area contributed by atoms with Gasteiger partial charge in [0.15, 0.2) is 0 Å². The molecule has 0 bridgehead atoms. The third-order valence-corrected chi connectivity index (χ3v) is 2.60. The minimum atomic E-state index is -2.37. The zero-order valence-corrected chi connectivity index (χ0v) is 8.84. The van der Waals surface area contributed by atoms with Crippen molar-refractivity contribution in [2.45, 2.75) is 38.7 Å². The molecule has 90 valence electrons. The van der Waals surface area contributed by atoms with E-state index >= 15 is 0 Å². The zero-order valence-electron chi connectivity index (χ0n) is 8.84. The Morgan fingerprint density at radius 3 is 2.87 bits per heavy atom. The van der Waals surface area contributed by atoms with Crippen LogP contribution in [0, 0.1) is 5.92 Å². The number of alkyl halides is 2. The molecule has 1 aliphatic rings. The maximum Gasteiger partial charge on any atom is 0.240 e. The fourth-order valence-electron chi connectivity index (χ4n) is 1.60. The van der Waals surface area contributed by atoms with E-state index in [0.29, 0.717) is 26.1 Å². The molecule has 15 heavy (non-hydrogen) atoms. The lowest BCUT2D eigenvalue weighted by atomic mass is 10.1. The highest BCUT2D eigenvalue weighted by atomic mass is 19.3. The van der Waals surface area contributed by atoms with Gasteiger partial charge in [-0.1, -0.05) is 6.92 Å². The summed E-state index contributed by atoms with van der Waals surface area (Å²) in [5.41, 5.74) is 0. The maximum atomic E-state index is 12.1. The number of ether oxygens (including phenoxy) is 1. The summed E-state index contributed by atoms with van der Waals surface area (Å²) in [5, 5.41) is 2.64. The number of carbonyl (C=O) groups is 1. The van der Waals surface area contributed by atoms with E-state index in [0.717, 1.165) is 0 Å². The average Bonchev–Trinajstić information content (AvgIpc) is 2.68. The maximum absolute atomic E-state index is 12.1. The van der Waals surface area contributed by atoms with E-state index < -0.39 is 12.5 Å². The van der Waals surface area contributed by atoms with Gasteiger partial charge in [-0.2, -0.15) is 0 Å². The quantitative estimate of drug-likeness (QED) is 0.772. The molecular weight excluding hydrogens is 204 g/mol. The number of nitrogens with one attached hydrogen (secondary N) is 1. The summed E-state index contributed by atoms with van der Waals surface area (Å²) in [6, 6.07) is -0.418. The normalized spacial score (nSPS) is 23.1. The number of halogens is 2. The Hall–Kier alpha value is -0.710. The minimum Gasteiger partial charge on any atom is -0.381 e. The van der Waals surface area contributed by atoms with Crippen molar-refractivity contribution in [2.24, 2.45) is 5.92 Å². The summed E-state index contributed by atoms with van der Waals surface area (Å²) in [6.07, 6.45) is -1.41. The summed E-state index contributed by atoms with van der Waals surface area (Å²) >= 11 is 0. The van der Waals surface area contributed by atoms with E-state index in [-0.39, 0.29) is 19.7 Å². The van der Waals surface area contributed by atoms with Crippen LogP contribution in [-0.4, -0.2) is 31.6 Å². The van der Waals surface area contributed by atoms with Gasteiger partial charge in [0.2, 0.25) is 12.3 Å². The smallest absolute Gasteiger partial charge is 0.240 e. The second kappa shape index (κ2) is 6.00. The van der Waals surface area contributed by atoms with E-state index in [1.54, 1.807) is 6.92 Å². The molecule has 1 N–H and O–H groups in total. The van der Waals surface area contributed by atoms with Crippen LogP contribution in [0.2, 0.25) is 0 Å². The van der Waals surface area contributed by atoms with Crippen molar-refractivity contribution in [2.75, 3.05) is 13.2 Å². The third-order valence-electron chi connectivity index (χ3n) is 2.60. The number of rotatable bonds is 5. The van der Waals surface area contributed by atoms with Crippen LogP contribution >= 0.6 is 0 Å². The van der Waals surface area contributed by atoms with Crippen molar-refractivity contribution in [3.63, 3.8) is 0 Å². The molecule has 0 aliphatic carbocycles. The number of hydrogen-bond acceptors (Lipinski definition) is 2. The monoisotopic (exact) mass is 223 g/mol. The molecule has 1 unspecified atom stereocenters. The van der Waals surface area contributed by atoms with E-state index in [1.165, 1.54) is 0 Å². The van der Waals surface area contributed by atoms with Crippen LogP contribution in [0.1, 0.15) is 27.6 Å². The topological polar surface area (TPSA) is 38.3 Å². The van der Waals surface area contributed by atoms with Crippen LogP contribution in [0.25, 0.3) is 0 Å². The molecule has 1 saturated heterocycles. The molecule has 5 heteroatoms. The van der Waals surface area contributed by atoms with Crippen molar-refractivity contribution in [1.29, 1.82) is 0 Å². The van der Waals surface area contributed by atoms with Gasteiger partial charge in [0.25, 0.3) is 0 Å². The molecule has 1 aliphatic heterocycles. The second-order valence-electron chi connectivity index (χ2n) is 3.80. The lowest BCUT2D eigenvalue weighted by Gasteiger charge is -2.18. The molecule has 1 rings (SSSR count). The lowest BCUT2D eigenvalue weighted by molar-refractivity contribution is -0.125. The summed E-state index contributed by atoms with van der Waals surface area (Å²) in [6.45, 7) is 2.79. The molecule has 0 saturated carbocycles. The van der Waals surface area contributed by atoms with Crippen LogP contribution in [0.15, 0.2) is 0 Å². The Morgan fingerprint density at radius 2 is 2.40 bits per heavy atom. The van der Waals surface area contributed by atoms with Crippen molar-refractivity contribution in [1.82, 2.24) is 5.32 Å². The summed E-state index contributed by atoms with van der Waals surface area (Å²) in [5.74, 6) is -0.309. The van der Waals surface area contributed by atoms with Gasteiger partial charge in [0.1, 0.15) is 0 Å². The molecule has 0 aromatic rings. The third kappa shape index (κ3) is 4.11. The fourth-order valence-corrected chi connectivity index (χ4v) is 1.60. The van der Waals surface area contributed by atoms with E-state index in [1.807, 2.05) is 0 Å². The molecule has 0 spiro atoms. The van der Waals surface area contributed by atoms with Crippen LogP contribution in [0.4, 0.5) is 8.78 Å². The molecular formula is C10H19F2NO2. The minimum absolute atomic E-state index is 0. The number of amides is 1. The fraction of sp³-hybridized carbons (Fsp3) is 0.900. The van der Waals surface area contributed by atoms with Crippen LogP contribution in [0.5, 0.6) is 0 Å². The first-order chi connectivity index (χ1) is 7.13. The largest absolute Gasteiger partial charge is 0.381 e. The lowest BCUT2D eigenvalue weighted by Crippen LogP contribution is -2.39. The SMILES string of the molecule is CC[C@H](CC(F)F)NC(=O)C1CCOC1.[HH]. The first kappa shape index (κ1) is 12.4. The Labute approximate surface area is 89.7 Å². The Morgan fingerprint density at radius 1 is 1.67 bits per heavy atom. The van der Waals surface area contributed by atoms with Crippen LogP contribution in [0.3, 0.4) is 0 Å². The number of hydrogen-bond donors (Lipinski definition) is 1. The Balaban J connectivity index is 0.00000225. The highest BCUT2D eigenvalue weighted by molar-refractivity contribution is 5.79.